The van der Waals surface area contributed by atoms with Gasteiger partial charge in [0.25, 0.3) is 0 Å². The van der Waals surface area contributed by atoms with Gasteiger partial charge in [0.1, 0.15) is 19.3 Å². The predicted octanol–water partition coefficient (Wildman–Crippen LogP) is 22.6. The van der Waals surface area contributed by atoms with Crippen LogP contribution in [-0.2, 0) is 65.4 Å². The zero-order chi connectivity index (χ0) is 70.9. The summed E-state index contributed by atoms with van der Waals surface area (Å²) in [6.45, 7) is 11.9. The van der Waals surface area contributed by atoms with Gasteiger partial charge in [0.15, 0.2) is 12.2 Å². The monoisotopic (exact) mass is 1410 g/mol. The van der Waals surface area contributed by atoms with Crippen molar-refractivity contribution in [2.75, 3.05) is 39.6 Å². The SMILES string of the molecule is CCCCCCCCCCCCCCC(=O)OC[C@H](COP(=O)(O)OC[C@H](O)COP(=O)(O)OC[C@@H](COC(=O)CCCCCCCCCCCCCCCC(C)C)OC(=O)CCCCCCCCCCCCCCCC(C)C)OC(=O)CCCCCCCCCCC(C)CC. The normalized spacial score (nSPS) is 14.3. The first-order chi connectivity index (χ1) is 46.3. The zero-order valence-corrected chi connectivity index (χ0v) is 64.6. The number of hydrogen-bond acceptors (Lipinski definition) is 15. The maximum atomic E-state index is 13.1. The molecule has 0 aliphatic carbocycles. The fourth-order valence-electron chi connectivity index (χ4n) is 11.7. The van der Waals surface area contributed by atoms with Crippen molar-refractivity contribution in [3.63, 3.8) is 0 Å². The summed E-state index contributed by atoms with van der Waals surface area (Å²) in [4.78, 5) is 72.9. The lowest BCUT2D eigenvalue weighted by atomic mass is 9.99. The number of unbranched alkanes of at least 4 members (excludes halogenated alkanes) is 42. The van der Waals surface area contributed by atoms with E-state index in [1.54, 1.807) is 0 Å². The molecule has 0 saturated heterocycles. The van der Waals surface area contributed by atoms with E-state index in [2.05, 4.69) is 48.5 Å². The molecule has 3 N–H and O–H groups in total. The van der Waals surface area contributed by atoms with Gasteiger partial charge >= 0.3 is 39.5 Å². The molecule has 0 aromatic rings. The van der Waals surface area contributed by atoms with Crippen LogP contribution in [0.3, 0.4) is 0 Å². The second kappa shape index (κ2) is 67.5. The highest BCUT2D eigenvalue weighted by Gasteiger charge is 2.30. The topological polar surface area (TPSA) is 237 Å². The Hall–Kier alpha value is -1.94. The Kier molecular flexibility index (Phi) is 66.2. The van der Waals surface area contributed by atoms with Crippen LogP contribution in [0.5, 0.6) is 0 Å². The number of ether oxygens (including phenoxy) is 4. The Morgan fingerprint density at radius 1 is 0.302 bits per heavy atom. The maximum Gasteiger partial charge on any atom is 0.472 e. The van der Waals surface area contributed by atoms with E-state index in [1.807, 2.05) is 0 Å². The fraction of sp³-hybridized carbons (Fsp3) is 0.948. The van der Waals surface area contributed by atoms with Gasteiger partial charge in [0, 0.05) is 25.7 Å². The summed E-state index contributed by atoms with van der Waals surface area (Å²) in [7, 11) is -9.91. The van der Waals surface area contributed by atoms with Gasteiger partial charge in [-0.05, 0) is 43.4 Å². The summed E-state index contributed by atoms with van der Waals surface area (Å²) in [5.74, 6) is 0.231. The van der Waals surface area contributed by atoms with Crippen LogP contribution >= 0.6 is 15.6 Å². The highest BCUT2D eigenvalue weighted by Crippen LogP contribution is 2.45. The molecule has 17 nitrogen and oxygen atoms in total. The van der Waals surface area contributed by atoms with E-state index < -0.39 is 97.5 Å². The fourth-order valence-corrected chi connectivity index (χ4v) is 13.3. The molecule has 0 rings (SSSR count). The lowest BCUT2D eigenvalue weighted by Crippen LogP contribution is -2.30. The lowest BCUT2D eigenvalue weighted by molar-refractivity contribution is -0.161. The minimum absolute atomic E-state index is 0.105. The number of rotatable bonds is 75. The molecular weight excluding hydrogens is 1260 g/mol. The second-order valence-corrected chi connectivity index (χ2v) is 31.8. The van der Waals surface area contributed by atoms with Crippen LogP contribution < -0.4 is 0 Å². The molecule has 0 saturated carbocycles. The summed E-state index contributed by atoms with van der Waals surface area (Å²) in [6, 6.07) is 0. The van der Waals surface area contributed by atoms with Crippen LogP contribution in [0.25, 0.3) is 0 Å². The first-order valence-electron chi connectivity index (χ1n) is 39.9. The number of hydrogen-bond donors (Lipinski definition) is 3. The number of phosphoric ester groups is 2. The number of carbonyl (C=O) groups is 4. The average Bonchev–Trinajstić information content (AvgIpc) is 1.13. The number of aliphatic hydroxyl groups excluding tert-OH is 1. The highest BCUT2D eigenvalue weighted by atomic mass is 31.2. The molecule has 0 heterocycles. The molecule has 0 spiro atoms. The minimum atomic E-state index is -4.96. The van der Waals surface area contributed by atoms with E-state index in [0.29, 0.717) is 25.7 Å². The van der Waals surface area contributed by atoms with Crippen LogP contribution in [0.1, 0.15) is 395 Å². The Labute approximate surface area is 588 Å². The van der Waals surface area contributed by atoms with Crippen LogP contribution in [-0.4, -0.2) is 96.7 Å². The highest BCUT2D eigenvalue weighted by molar-refractivity contribution is 7.47. The Balaban J connectivity index is 5.26. The molecule has 0 aromatic carbocycles. The van der Waals surface area contributed by atoms with Crippen molar-refractivity contribution in [2.24, 2.45) is 17.8 Å². The number of phosphoric acid groups is 2. The molecular formula is C77H150O17P2. The van der Waals surface area contributed by atoms with Crippen molar-refractivity contribution >= 4 is 39.5 Å². The van der Waals surface area contributed by atoms with Gasteiger partial charge in [-0.2, -0.15) is 0 Å². The quantitative estimate of drug-likeness (QED) is 0.0222. The average molecular weight is 1410 g/mol. The third-order valence-corrected chi connectivity index (χ3v) is 20.1. The summed E-state index contributed by atoms with van der Waals surface area (Å²) in [5, 5.41) is 10.6. The molecule has 19 heteroatoms. The van der Waals surface area contributed by atoms with Crippen molar-refractivity contribution in [1.82, 2.24) is 0 Å². The van der Waals surface area contributed by atoms with Crippen molar-refractivity contribution in [1.29, 1.82) is 0 Å². The van der Waals surface area contributed by atoms with Gasteiger partial charge < -0.3 is 33.8 Å². The molecule has 0 fully saturated rings. The molecule has 570 valence electrons. The minimum Gasteiger partial charge on any atom is -0.462 e. The summed E-state index contributed by atoms with van der Waals surface area (Å²) in [5.41, 5.74) is 0. The molecule has 0 aliphatic rings. The number of carbonyl (C=O) groups excluding carboxylic acids is 4. The Morgan fingerprint density at radius 2 is 0.531 bits per heavy atom. The van der Waals surface area contributed by atoms with E-state index in [-0.39, 0.29) is 25.7 Å². The van der Waals surface area contributed by atoms with Crippen LogP contribution in [0.15, 0.2) is 0 Å². The van der Waals surface area contributed by atoms with Gasteiger partial charge in [-0.1, -0.05) is 344 Å². The molecule has 96 heavy (non-hydrogen) atoms. The van der Waals surface area contributed by atoms with Crippen LogP contribution in [0.2, 0.25) is 0 Å². The lowest BCUT2D eigenvalue weighted by Gasteiger charge is -2.21. The number of esters is 4. The van der Waals surface area contributed by atoms with Crippen molar-refractivity contribution in [2.45, 2.75) is 414 Å². The molecule has 0 aliphatic heterocycles. The molecule has 0 radical (unpaired) electrons. The van der Waals surface area contributed by atoms with Gasteiger partial charge in [-0.3, -0.25) is 37.3 Å². The van der Waals surface area contributed by atoms with E-state index >= 15 is 0 Å². The van der Waals surface area contributed by atoms with E-state index in [4.69, 9.17) is 37.0 Å². The molecule has 3 unspecified atom stereocenters. The summed E-state index contributed by atoms with van der Waals surface area (Å²) in [6.07, 6.45) is 53.9. The van der Waals surface area contributed by atoms with Gasteiger partial charge in [0.05, 0.1) is 26.4 Å². The summed E-state index contributed by atoms with van der Waals surface area (Å²) >= 11 is 0. The van der Waals surface area contributed by atoms with E-state index in [1.165, 1.54) is 205 Å². The molecule has 0 amide bonds. The Bertz CT molecular complexity index is 1870. The predicted molar refractivity (Wildman–Crippen MR) is 391 cm³/mol. The smallest absolute Gasteiger partial charge is 0.462 e. The van der Waals surface area contributed by atoms with Gasteiger partial charge in [-0.25, -0.2) is 9.13 Å². The third-order valence-electron chi connectivity index (χ3n) is 18.2. The molecule has 0 aromatic heterocycles. The summed E-state index contributed by atoms with van der Waals surface area (Å²) < 4.78 is 68.6. The molecule has 6 atom stereocenters. The van der Waals surface area contributed by atoms with Gasteiger partial charge in [-0.15, -0.1) is 0 Å². The maximum absolute atomic E-state index is 13.1. The van der Waals surface area contributed by atoms with Gasteiger partial charge in [0.2, 0.25) is 0 Å². The standard InChI is InChI=1S/C77H150O17P2/c1-8-10-11-12-13-14-15-24-29-37-44-51-58-74(79)88-65-73(94-77(82)61-54-47-40-33-32-36-43-50-57-70(7)9-2)67-92-96(85,86)90-63-71(78)62-89-95(83,84)91-66-72(93-76(81)60-53-46-39-31-26-21-17-19-23-28-35-42-49-56-69(5)6)64-87-75(80)59-52-45-38-30-25-20-16-18-22-27-34-41-48-55-68(3)4/h68-73,78H,8-67H2,1-7H3,(H,83,84)(H,85,86)/t70?,71-,72-,73-/m1/s1. The van der Waals surface area contributed by atoms with Crippen LogP contribution in [0.4, 0.5) is 0 Å². The largest absolute Gasteiger partial charge is 0.472 e. The number of aliphatic hydroxyl groups is 1. The van der Waals surface area contributed by atoms with Crippen molar-refractivity contribution in [3.8, 4) is 0 Å². The van der Waals surface area contributed by atoms with E-state index in [0.717, 1.165) is 108 Å². The van der Waals surface area contributed by atoms with Crippen molar-refractivity contribution < 1.29 is 80.2 Å². The second-order valence-electron chi connectivity index (χ2n) is 28.9. The molecule has 0 bridgehead atoms. The first kappa shape index (κ1) is 94.1. The zero-order valence-electron chi connectivity index (χ0n) is 62.8. The third kappa shape index (κ3) is 69.2. The van der Waals surface area contributed by atoms with E-state index in [9.17, 15) is 43.2 Å². The van der Waals surface area contributed by atoms with Crippen molar-refractivity contribution in [3.05, 3.63) is 0 Å². The van der Waals surface area contributed by atoms with Crippen LogP contribution in [0, 0.1) is 17.8 Å². The first-order valence-corrected chi connectivity index (χ1v) is 42.9. The Morgan fingerprint density at radius 3 is 0.792 bits per heavy atom.